The van der Waals surface area contributed by atoms with Gasteiger partial charge in [-0.2, -0.15) is 0 Å². The zero-order valence-electron chi connectivity index (χ0n) is 21.0. The largest absolute Gasteiger partial charge is 0.462 e. The Morgan fingerprint density at radius 3 is 2.11 bits per heavy atom. The van der Waals surface area contributed by atoms with E-state index in [1.807, 2.05) is 0 Å². The first-order valence-electron chi connectivity index (χ1n) is 12.6. The predicted molar refractivity (Wildman–Crippen MR) is 138 cm³/mol. The second-order valence-corrected chi connectivity index (χ2v) is 9.01. The van der Waals surface area contributed by atoms with Crippen LogP contribution in [0.4, 0.5) is 5.69 Å². The van der Waals surface area contributed by atoms with Crippen LogP contribution < -0.4 is 10.4 Å². The molecule has 0 atom stereocenters. The third-order valence-corrected chi connectivity index (χ3v) is 6.60. The molecule has 1 aliphatic heterocycles. The van der Waals surface area contributed by atoms with Crippen molar-refractivity contribution in [3.8, 4) is 11.1 Å². The Morgan fingerprint density at radius 1 is 0.865 bits per heavy atom. The van der Waals surface area contributed by atoms with Crippen LogP contribution in [-0.2, 0) is 22.4 Å². The van der Waals surface area contributed by atoms with E-state index in [1.165, 1.54) is 0 Å². The summed E-state index contributed by atoms with van der Waals surface area (Å²) in [6, 6.07) is 13.6. The van der Waals surface area contributed by atoms with Crippen molar-refractivity contribution in [2.75, 3.05) is 11.5 Å². The smallest absolute Gasteiger partial charge is 0.340 e. The molecule has 0 aromatic heterocycles. The van der Waals surface area contributed by atoms with E-state index in [0.29, 0.717) is 34.2 Å². The van der Waals surface area contributed by atoms with Crippen molar-refractivity contribution in [2.45, 2.75) is 52.4 Å². The van der Waals surface area contributed by atoms with Crippen LogP contribution in [0.3, 0.4) is 0 Å². The van der Waals surface area contributed by atoms with Crippen LogP contribution in [0.15, 0.2) is 48.5 Å². The standard InChI is InChI=1S/C29H30N2O6/c1-3-5-6-7-10-21-19-15-13-18(17-24(32)30-36)14-16-20(19)25(29(35)37-4-2)26(21)31-27(33)22-11-8-9-12-23(22)28(31)34/h8-9,11-16,36H,3-7,10,17H2,1-2H3,(H,30,32). The summed E-state index contributed by atoms with van der Waals surface area (Å²) < 4.78 is 5.40. The Balaban J connectivity index is 1.94. The van der Waals surface area contributed by atoms with Gasteiger partial charge in [0, 0.05) is 0 Å². The van der Waals surface area contributed by atoms with E-state index >= 15 is 0 Å². The molecule has 0 bridgehead atoms. The zero-order valence-corrected chi connectivity index (χ0v) is 21.0. The maximum atomic E-state index is 13.5. The summed E-state index contributed by atoms with van der Waals surface area (Å²) in [5, 5.41) is 8.92. The lowest BCUT2D eigenvalue weighted by Gasteiger charge is -2.18. The van der Waals surface area contributed by atoms with Crippen LogP contribution in [0.2, 0.25) is 0 Å². The van der Waals surface area contributed by atoms with Gasteiger partial charge in [0.1, 0.15) is 0 Å². The van der Waals surface area contributed by atoms with Gasteiger partial charge in [-0.1, -0.05) is 62.6 Å². The highest BCUT2D eigenvalue weighted by molar-refractivity contribution is 6.36. The molecule has 3 amide bonds. The second kappa shape index (κ2) is 11.3. The summed E-state index contributed by atoms with van der Waals surface area (Å²) in [6.07, 6.45) is 4.35. The minimum absolute atomic E-state index is 0.0559. The molecular formula is C29H30N2O6. The maximum Gasteiger partial charge on any atom is 0.340 e. The Kier molecular flexibility index (Phi) is 7.98. The van der Waals surface area contributed by atoms with Crippen LogP contribution in [0.5, 0.6) is 0 Å². The molecule has 0 saturated carbocycles. The Labute approximate surface area is 215 Å². The molecule has 3 aliphatic rings. The van der Waals surface area contributed by atoms with Gasteiger partial charge in [-0.25, -0.2) is 15.2 Å². The number of imide groups is 1. The molecule has 192 valence electrons. The molecule has 0 radical (unpaired) electrons. The van der Waals surface area contributed by atoms with E-state index in [2.05, 4.69) is 6.92 Å². The minimum Gasteiger partial charge on any atom is -0.462 e. The maximum absolute atomic E-state index is 13.5. The number of esters is 1. The first kappa shape index (κ1) is 26.0. The van der Waals surface area contributed by atoms with Crippen LogP contribution in [0, 0.1) is 0 Å². The van der Waals surface area contributed by atoms with Crippen molar-refractivity contribution in [1.29, 1.82) is 0 Å². The van der Waals surface area contributed by atoms with Crippen molar-refractivity contribution in [3.63, 3.8) is 0 Å². The van der Waals surface area contributed by atoms with Gasteiger partial charge < -0.3 is 4.74 Å². The van der Waals surface area contributed by atoms with Crippen LogP contribution in [0.1, 0.15) is 81.7 Å². The summed E-state index contributed by atoms with van der Waals surface area (Å²) >= 11 is 0. The predicted octanol–water partition coefficient (Wildman–Crippen LogP) is 4.94. The monoisotopic (exact) mass is 502 g/mol. The summed E-state index contributed by atoms with van der Waals surface area (Å²) in [4.78, 5) is 53.2. The van der Waals surface area contributed by atoms with Gasteiger partial charge in [-0.05, 0) is 54.2 Å². The molecule has 0 fully saturated rings. The number of nitrogens with one attached hydrogen (secondary N) is 1. The number of hydrogen-bond acceptors (Lipinski definition) is 6. The molecule has 2 aliphatic carbocycles. The van der Waals surface area contributed by atoms with Crippen LogP contribution in [0.25, 0.3) is 11.1 Å². The number of rotatable bonds is 10. The molecule has 1 heterocycles. The Bertz CT molecular complexity index is 1300. The number of benzene rings is 1. The lowest BCUT2D eigenvalue weighted by Crippen LogP contribution is -2.31. The molecule has 0 unspecified atom stereocenters. The minimum atomic E-state index is -0.625. The molecule has 1 aromatic carbocycles. The van der Waals surface area contributed by atoms with Gasteiger partial charge in [0.15, 0.2) is 0 Å². The fourth-order valence-corrected chi connectivity index (χ4v) is 4.88. The summed E-state index contributed by atoms with van der Waals surface area (Å²) in [7, 11) is 0. The normalized spacial score (nSPS) is 12.7. The number of hydroxylamine groups is 1. The van der Waals surface area contributed by atoms with E-state index < -0.39 is 23.7 Å². The summed E-state index contributed by atoms with van der Waals surface area (Å²) in [5.74, 6) is -2.13. The number of ether oxygens (including phenoxy) is 1. The first-order valence-corrected chi connectivity index (χ1v) is 12.6. The van der Waals surface area contributed by atoms with Crippen molar-refractivity contribution in [2.24, 2.45) is 0 Å². The van der Waals surface area contributed by atoms with Gasteiger partial charge in [-0.3, -0.25) is 19.6 Å². The highest BCUT2D eigenvalue weighted by atomic mass is 16.5. The van der Waals surface area contributed by atoms with Gasteiger partial charge in [-0.15, -0.1) is 0 Å². The fraction of sp³-hybridized carbons (Fsp3) is 0.310. The number of hydrogen-bond donors (Lipinski definition) is 2. The van der Waals surface area contributed by atoms with Crippen molar-refractivity contribution < 1.29 is 29.1 Å². The zero-order chi connectivity index (χ0) is 26.5. The number of carbonyl (C=O) groups is 4. The first-order chi connectivity index (χ1) is 17.9. The summed E-state index contributed by atoms with van der Waals surface area (Å²) in [5.41, 5.74) is 5.24. The number of amides is 3. The Hall–Kier alpha value is -4.04. The highest BCUT2D eigenvalue weighted by Gasteiger charge is 2.42. The van der Waals surface area contributed by atoms with Gasteiger partial charge in [0.2, 0.25) is 5.91 Å². The quantitative estimate of drug-likeness (QED) is 0.134. The number of unbranched alkanes of at least 4 members (excludes halogenated alkanes) is 3. The van der Waals surface area contributed by atoms with Gasteiger partial charge in [0.05, 0.1) is 35.4 Å². The van der Waals surface area contributed by atoms with Crippen molar-refractivity contribution >= 4 is 29.4 Å². The van der Waals surface area contributed by atoms with Gasteiger partial charge >= 0.3 is 5.97 Å². The molecule has 1 aromatic rings. The number of carbonyl (C=O) groups excluding carboxylic acids is 4. The molecule has 37 heavy (non-hydrogen) atoms. The molecule has 4 rings (SSSR count). The van der Waals surface area contributed by atoms with E-state index in [0.717, 1.165) is 36.1 Å². The van der Waals surface area contributed by atoms with Crippen molar-refractivity contribution in [3.05, 3.63) is 76.3 Å². The van der Waals surface area contributed by atoms with Crippen LogP contribution >= 0.6 is 0 Å². The van der Waals surface area contributed by atoms with E-state index in [9.17, 15) is 19.2 Å². The molecule has 0 saturated heterocycles. The van der Waals surface area contributed by atoms with Crippen molar-refractivity contribution in [1.82, 2.24) is 5.48 Å². The van der Waals surface area contributed by atoms with E-state index in [-0.39, 0.29) is 24.3 Å². The SMILES string of the molecule is CCCCCCc1c2ccc(CC(=O)NO)ccc-2c(C(=O)OCC)c1N1C(=O)c2ccccc2C1=O. The lowest BCUT2D eigenvalue weighted by molar-refractivity contribution is -0.128. The number of anilines is 1. The summed E-state index contributed by atoms with van der Waals surface area (Å²) in [6.45, 7) is 3.94. The average Bonchev–Trinajstić information content (AvgIpc) is 3.23. The topological polar surface area (TPSA) is 113 Å². The third kappa shape index (κ3) is 4.97. The van der Waals surface area contributed by atoms with Crippen LogP contribution in [-0.4, -0.2) is 35.5 Å². The lowest BCUT2D eigenvalue weighted by atomic mass is 10.0. The highest BCUT2D eigenvalue weighted by Crippen LogP contribution is 2.46. The van der Waals surface area contributed by atoms with E-state index in [4.69, 9.17) is 9.94 Å². The second-order valence-electron chi connectivity index (χ2n) is 9.01. The van der Waals surface area contributed by atoms with Gasteiger partial charge in [0.25, 0.3) is 11.8 Å². The fourth-order valence-electron chi connectivity index (χ4n) is 4.88. The number of nitrogens with zero attached hydrogens (tertiary/aromatic N) is 1. The molecule has 0 spiro atoms. The Morgan fingerprint density at radius 2 is 1.51 bits per heavy atom. The molecular weight excluding hydrogens is 472 g/mol. The number of fused-ring (bicyclic) bond motifs is 2. The molecule has 2 N–H and O–H groups in total. The average molecular weight is 503 g/mol. The van der Waals surface area contributed by atoms with E-state index in [1.54, 1.807) is 60.9 Å². The third-order valence-electron chi connectivity index (χ3n) is 6.60. The molecule has 8 heteroatoms. The molecule has 8 nitrogen and oxygen atoms in total.